The van der Waals surface area contributed by atoms with Crippen LogP contribution in [0.4, 0.5) is 0 Å². The van der Waals surface area contributed by atoms with E-state index in [4.69, 9.17) is 0 Å². The van der Waals surface area contributed by atoms with Gasteiger partial charge in [-0.2, -0.15) is 0 Å². The van der Waals surface area contributed by atoms with Gasteiger partial charge in [-0.25, -0.2) is 0 Å². The maximum Gasteiger partial charge on any atom is 0.0139 e. The Morgan fingerprint density at radius 3 is 2.53 bits per heavy atom. The molecule has 2 rings (SSSR count). The molecule has 1 aliphatic heterocycles. The van der Waals surface area contributed by atoms with E-state index in [1.807, 2.05) is 0 Å². The minimum atomic E-state index is 0.828. The molecule has 15 heavy (non-hydrogen) atoms. The van der Waals surface area contributed by atoms with Crippen molar-refractivity contribution in [2.24, 2.45) is 11.8 Å². The van der Waals surface area contributed by atoms with Crippen molar-refractivity contribution >= 4 is 0 Å². The van der Waals surface area contributed by atoms with Crippen molar-refractivity contribution in [2.75, 3.05) is 19.6 Å². The zero-order valence-electron chi connectivity index (χ0n) is 10.5. The highest BCUT2D eigenvalue weighted by atomic mass is 15.2. The van der Waals surface area contributed by atoms with Crippen LogP contribution in [0.3, 0.4) is 0 Å². The highest BCUT2D eigenvalue weighted by molar-refractivity contribution is 4.95. The fraction of sp³-hybridized carbons (Fsp3) is 1.00. The summed E-state index contributed by atoms with van der Waals surface area (Å²) < 4.78 is 0. The lowest BCUT2D eigenvalue weighted by atomic mass is 9.78. The van der Waals surface area contributed by atoms with Gasteiger partial charge < -0.3 is 5.32 Å². The van der Waals surface area contributed by atoms with E-state index in [0.717, 1.165) is 30.5 Å². The third-order valence-corrected chi connectivity index (χ3v) is 4.29. The van der Waals surface area contributed by atoms with Crippen molar-refractivity contribution in [3.05, 3.63) is 0 Å². The molecule has 0 radical (unpaired) electrons. The van der Waals surface area contributed by atoms with Gasteiger partial charge in [0.05, 0.1) is 0 Å². The van der Waals surface area contributed by atoms with Crippen LogP contribution in [0.5, 0.6) is 0 Å². The standard InChI is InChI=1S/C13H26N2/c1-4-14-8-12-5-6-13(12)15-9-10(2)7-11(15)3/h10-14H,4-9H2,1-3H3. The van der Waals surface area contributed by atoms with Crippen LogP contribution in [-0.4, -0.2) is 36.6 Å². The Bertz CT molecular complexity index is 205. The van der Waals surface area contributed by atoms with Crippen LogP contribution in [0.1, 0.15) is 40.0 Å². The molecule has 88 valence electrons. The molecule has 0 aromatic carbocycles. The first kappa shape index (κ1) is 11.4. The van der Waals surface area contributed by atoms with Gasteiger partial charge in [-0.05, 0) is 51.1 Å². The molecule has 1 saturated carbocycles. The monoisotopic (exact) mass is 210 g/mol. The van der Waals surface area contributed by atoms with Crippen LogP contribution >= 0.6 is 0 Å². The Morgan fingerprint density at radius 1 is 1.27 bits per heavy atom. The van der Waals surface area contributed by atoms with Gasteiger partial charge in [-0.1, -0.05) is 13.8 Å². The van der Waals surface area contributed by atoms with E-state index in [1.165, 1.54) is 32.4 Å². The molecule has 2 nitrogen and oxygen atoms in total. The molecule has 0 aromatic heterocycles. The van der Waals surface area contributed by atoms with Gasteiger partial charge in [0.1, 0.15) is 0 Å². The Hall–Kier alpha value is -0.0800. The Balaban J connectivity index is 1.83. The summed E-state index contributed by atoms with van der Waals surface area (Å²) in [5.74, 6) is 1.85. The van der Waals surface area contributed by atoms with E-state index in [-0.39, 0.29) is 0 Å². The third kappa shape index (κ3) is 2.36. The summed E-state index contributed by atoms with van der Waals surface area (Å²) in [5.41, 5.74) is 0. The minimum absolute atomic E-state index is 0.828. The number of hydrogen-bond donors (Lipinski definition) is 1. The van der Waals surface area contributed by atoms with E-state index in [1.54, 1.807) is 0 Å². The fourth-order valence-corrected chi connectivity index (χ4v) is 3.35. The molecule has 2 heteroatoms. The number of nitrogens with one attached hydrogen (secondary N) is 1. The molecule has 2 fully saturated rings. The summed E-state index contributed by atoms with van der Waals surface area (Å²) >= 11 is 0. The first-order valence-corrected chi connectivity index (χ1v) is 6.68. The second-order valence-electron chi connectivity index (χ2n) is 5.60. The highest BCUT2D eigenvalue weighted by Gasteiger charge is 2.40. The van der Waals surface area contributed by atoms with Gasteiger partial charge in [-0.15, -0.1) is 0 Å². The molecule has 4 unspecified atom stereocenters. The number of likely N-dealkylation sites (tertiary alicyclic amines) is 1. The molecule has 1 saturated heterocycles. The first-order valence-electron chi connectivity index (χ1n) is 6.68. The Kier molecular flexibility index (Phi) is 3.68. The largest absolute Gasteiger partial charge is 0.317 e. The number of nitrogens with zero attached hydrogens (tertiary/aromatic N) is 1. The summed E-state index contributed by atoms with van der Waals surface area (Å²) in [5, 5.41) is 3.50. The summed E-state index contributed by atoms with van der Waals surface area (Å²) in [4.78, 5) is 2.77. The molecule has 0 aromatic rings. The number of rotatable bonds is 4. The van der Waals surface area contributed by atoms with Crippen LogP contribution in [0.25, 0.3) is 0 Å². The van der Waals surface area contributed by atoms with Crippen molar-refractivity contribution in [1.29, 1.82) is 0 Å². The van der Waals surface area contributed by atoms with Gasteiger partial charge in [0.2, 0.25) is 0 Å². The topological polar surface area (TPSA) is 15.3 Å². The molecule has 1 heterocycles. The molecule has 1 N–H and O–H groups in total. The van der Waals surface area contributed by atoms with Crippen molar-refractivity contribution in [3.63, 3.8) is 0 Å². The van der Waals surface area contributed by atoms with Gasteiger partial charge in [0, 0.05) is 18.6 Å². The molecular weight excluding hydrogens is 184 g/mol. The summed E-state index contributed by atoms with van der Waals surface area (Å²) in [6, 6.07) is 1.72. The number of hydrogen-bond acceptors (Lipinski definition) is 2. The second-order valence-corrected chi connectivity index (χ2v) is 5.60. The van der Waals surface area contributed by atoms with Crippen molar-refractivity contribution in [3.8, 4) is 0 Å². The zero-order chi connectivity index (χ0) is 10.8. The smallest absolute Gasteiger partial charge is 0.0139 e. The van der Waals surface area contributed by atoms with Crippen LogP contribution in [0.15, 0.2) is 0 Å². The Morgan fingerprint density at radius 2 is 2.07 bits per heavy atom. The first-order chi connectivity index (χ1) is 7.22. The normalized spacial score (nSPS) is 41.8. The fourth-order valence-electron chi connectivity index (χ4n) is 3.35. The summed E-state index contributed by atoms with van der Waals surface area (Å²) in [7, 11) is 0. The molecular formula is C13H26N2. The predicted molar refractivity (Wildman–Crippen MR) is 65.0 cm³/mol. The zero-order valence-corrected chi connectivity index (χ0v) is 10.5. The van der Waals surface area contributed by atoms with E-state index < -0.39 is 0 Å². The average molecular weight is 210 g/mol. The maximum atomic E-state index is 3.50. The average Bonchev–Trinajstić information content (AvgIpc) is 2.45. The lowest BCUT2D eigenvalue weighted by Gasteiger charge is -2.45. The summed E-state index contributed by atoms with van der Waals surface area (Å²) in [6.45, 7) is 10.7. The van der Waals surface area contributed by atoms with Gasteiger partial charge in [0.15, 0.2) is 0 Å². The van der Waals surface area contributed by atoms with Gasteiger partial charge >= 0.3 is 0 Å². The van der Waals surface area contributed by atoms with E-state index in [2.05, 4.69) is 31.0 Å². The second kappa shape index (κ2) is 4.84. The third-order valence-electron chi connectivity index (χ3n) is 4.29. The van der Waals surface area contributed by atoms with Gasteiger partial charge in [0.25, 0.3) is 0 Å². The molecule has 4 atom stereocenters. The van der Waals surface area contributed by atoms with E-state index >= 15 is 0 Å². The van der Waals surface area contributed by atoms with Crippen molar-refractivity contribution < 1.29 is 0 Å². The highest BCUT2D eigenvalue weighted by Crippen LogP contribution is 2.37. The molecule has 0 spiro atoms. The molecule has 1 aliphatic carbocycles. The van der Waals surface area contributed by atoms with Crippen molar-refractivity contribution in [1.82, 2.24) is 10.2 Å². The van der Waals surface area contributed by atoms with Gasteiger partial charge in [-0.3, -0.25) is 4.90 Å². The predicted octanol–water partition coefficient (Wildman–Crippen LogP) is 2.10. The van der Waals surface area contributed by atoms with Crippen molar-refractivity contribution in [2.45, 2.75) is 52.1 Å². The Labute approximate surface area is 94.4 Å². The van der Waals surface area contributed by atoms with E-state index in [0.29, 0.717) is 0 Å². The van der Waals surface area contributed by atoms with Crippen LogP contribution in [0.2, 0.25) is 0 Å². The van der Waals surface area contributed by atoms with E-state index in [9.17, 15) is 0 Å². The van der Waals surface area contributed by atoms with Crippen LogP contribution in [0, 0.1) is 11.8 Å². The van der Waals surface area contributed by atoms with Crippen LogP contribution < -0.4 is 5.32 Å². The molecule has 0 bridgehead atoms. The quantitative estimate of drug-likeness (QED) is 0.764. The van der Waals surface area contributed by atoms with Crippen LogP contribution in [-0.2, 0) is 0 Å². The minimum Gasteiger partial charge on any atom is -0.317 e. The molecule has 2 aliphatic rings. The molecule has 0 amide bonds. The lowest BCUT2D eigenvalue weighted by Crippen LogP contribution is -2.51. The summed E-state index contributed by atoms with van der Waals surface area (Å²) in [6.07, 6.45) is 4.28. The SMILES string of the molecule is CCNCC1CCC1N1CC(C)CC1C. The lowest BCUT2D eigenvalue weighted by molar-refractivity contribution is 0.0554. The maximum absolute atomic E-state index is 3.50.